The van der Waals surface area contributed by atoms with Crippen molar-refractivity contribution < 1.29 is 24.2 Å². The van der Waals surface area contributed by atoms with Crippen LogP contribution in [-0.2, 0) is 31.3 Å². The van der Waals surface area contributed by atoms with Crippen LogP contribution in [-0.4, -0.2) is 81.3 Å². The molecule has 0 unspecified atom stereocenters. The summed E-state index contributed by atoms with van der Waals surface area (Å²) in [5, 5.41) is 18.9. The summed E-state index contributed by atoms with van der Waals surface area (Å²) in [4.78, 5) is 32.3. The van der Waals surface area contributed by atoms with E-state index in [4.69, 9.17) is 14.6 Å². The van der Waals surface area contributed by atoms with Crippen LogP contribution in [0.4, 0.5) is 16.2 Å². The highest BCUT2D eigenvalue weighted by Gasteiger charge is 2.29. The summed E-state index contributed by atoms with van der Waals surface area (Å²) in [7, 11) is 2.00. The second kappa shape index (κ2) is 15.5. The third-order valence-corrected chi connectivity index (χ3v) is 11.2. The van der Waals surface area contributed by atoms with Crippen molar-refractivity contribution in [3.63, 3.8) is 0 Å². The van der Waals surface area contributed by atoms with Crippen LogP contribution in [0.1, 0.15) is 61.1 Å². The molecular weight excluding hydrogens is 717 g/mol. The Morgan fingerprint density at radius 3 is 2.23 bits per heavy atom. The number of carboxylic acid groups (broad SMARTS) is 1. The summed E-state index contributed by atoms with van der Waals surface area (Å²) >= 11 is 0. The molecule has 0 atom stereocenters. The predicted octanol–water partition coefficient (Wildman–Crippen LogP) is 8.68. The zero-order chi connectivity index (χ0) is 39.8. The highest BCUT2D eigenvalue weighted by Crippen LogP contribution is 2.40. The Hall–Kier alpha value is -5.97. The topological polar surface area (TPSA) is 105 Å². The monoisotopic (exact) mass is 768 g/mol. The van der Waals surface area contributed by atoms with E-state index < -0.39 is 11.6 Å². The van der Waals surface area contributed by atoms with Crippen LogP contribution in [0.15, 0.2) is 84.9 Å². The van der Waals surface area contributed by atoms with Gasteiger partial charge in [-0.3, -0.25) is 4.68 Å². The molecule has 11 nitrogen and oxygen atoms in total. The van der Waals surface area contributed by atoms with Crippen LogP contribution in [0.2, 0.25) is 0 Å². The van der Waals surface area contributed by atoms with Crippen molar-refractivity contribution in [1.82, 2.24) is 19.2 Å². The number of hydrogen-bond acceptors (Lipinski definition) is 7. The molecule has 0 saturated carbocycles. The van der Waals surface area contributed by atoms with E-state index >= 15 is 0 Å². The van der Waals surface area contributed by atoms with Gasteiger partial charge in [-0.15, -0.1) is 0 Å². The second-order valence-electron chi connectivity index (χ2n) is 16.2. The number of carbonyl (C=O) groups excluding carboxylic acids is 1. The summed E-state index contributed by atoms with van der Waals surface area (Å²) in [5.74, 6) is -0.0757. The second-order valence-corrected chi connectivity index (χ2v) is 16.2. The molecule has 1 N–H and O–H groups in total. The van der Waals surface area contributed by atoms with Gasteiger partial charge in [0, 0.05) is 79.6 Å². The Bertz CT molecular complexity index is 2430. The smallest absolute Gasteiger partial charge is 0.410 e. The fourth-order valence-corrected chi connectivity index (χ4v) is 8.64. The number of amides is 1. The van der Waals surface area contributed by atoms with Gasteiger partial charge in [0.1, 0.15) is 17.0 Å². The van der Waals surface area contributed by atoms with E-state index in [9.17, 15) is 14.7 Å². The Kier molecular flexibility index (Phi) is 10.3. The molecule has 2 aliphatic rings. The first-order chi connectivity index (χ1) is 27.5. The lowest BCUT2D eigenvalue weighted by Crippen LogP contribution is -2.50. The maximum atomic E-state index is 13.2. The number of aromatic nitrogens is 3. The van der Waals surface area contributed by atoms with Gasteiger partial charge in [-0.1, -0.05) is 54.6 Å². The zero-order valence-electron chi connectivity index (χ0n) is 33.6. The highest BCUT2D eigenvalue weighted by molar-refractivity contribution is 6.04. The standard InChI is InChI=1S/C46H52N6O5/c1-31-41-38-16-9-15-36-37(17-10-29-56-40-18-8-13-32-12-6-7-14-35(32)40)43(44(53)54)52(42(36)38)24-11-23-51(30-39(41)48(5)47-31)34-21-19-33(20-22-34)49-25-27-50(28-26-49)45(55)57-46(2,3)4/h6-9,12-16,18-22H,10-11,17,23-30H2,1-5H3,(H,53,54). The highest BCUT2D eigenvalue weighted by atomic mass is 16.6. The molecule has 4 aromatic carbocycles. The van der Waals surface area contributed by atoms with Gasteiger partial charge >= 0.3 is 12.1 Å². The molecule has 1 fully saturated rings. The largest absolute Gasteiger partial charge is 0.493 e. The summed E-state index contributed by atoms with van der Waals surface area (Å²) in [6.45, 7) is 12.8. The SMILES string of the molecule is Cc1nn(C)c2c1-c1cccc3c(CCCOc4cccc5ccccc45)c(C(=O)O)n(c13)CCCN(c1ccc(N3CCN(C(=O)OC(C)(C)C)CC3)cc1)C2. The van der Waals surface area contributed by atoms with Crippen molar-refractivity contribution in [1.29, 1.82) is 0 Å². The minimum absolute atomic E-state index is 0.261. The van der Waals surface area contributed by atoms with Crippen LogP contribution >= 0.6 is 0 Å². The van der Waals surface area contributed by atoms with Crippen molar-refractivity contribution in [2.24, 2.45) is 7.05 Å². The molecule has 2 aliphatic heterocycles. The van der Waals surface area contributed by atoms with Gasteiger partial charge in [0.25, 0.3) is 0 Å². The number of fused-ring (bicyclic) bond motifs is 3. The Balaban J connectivity index is 1.05. The molecule has 11 heteroatoms. The molecule has 0 aliphatic carbocycles. The van der Waals surface area contributed by atoms with Crippen molar-refractivity contribution in [2.75, 3.05) is 49.1 Å². The number of aromatic carboxylic acids is 1. The number of piperazine rings is 1. The summed E-state index contributed by atoms with van der Waals surface area (Å²) < 4.78 is 15.9. The van der Waals surface area contributed by atoms with E-state index in [0.29, 0.717) is 51.3 Å². The maximum Gasteiger partial charge on any atom is 0.410 e. The van der Waals surface area contributed by atoms with Gasteiger partial charge in [-0.05, 0) is 88.2 Å². The van der Waals surface area contributed by atoms with E-state index in [-0.39, 0.29) is 6.09 Å². The van der Waals surface area contributed by atoms with Gasteiger partial charge in [0.2, 0.25) is 0 Å². The molecular formula is C46H52N6O5. The first kappa shape index (κ1) is 37.9. The van der Waals surface area contributed by atoms with Crippen LogP contribution < -0.4 is 14.5 Å². The van der Waals surface area contributed by atoms with Gasteiger partial charge < -0.3 is 33.8 Å². The molecule has 0 bridgehead atoms. The molecule has 296 valence electrons. The zero-order valence-corrected chi connectivity index (χ0v) is 33.6. The lowest BCUT2D eigenvalue weighted by Gasteiger charge is -2.37. The minimum Gasteiger partial charge on any atom is -0.493 e. The molecule has 57 heavy (non-hydrogen) atoms. The lowest BCUT2D eigenvalue weighted by atomic mass is 9.97. The average Bonchev–Trinajstić information content (AvgIpc) is 3.67. The minimum atomic E-state index is -0.915. The first-order valence-electron chi connectivity index (χ1n) is 20.1. The van der Waals surface area contributed by atoms with Crippen LogP contribution in [0.25, 0.3) is 32.8 Å². The molecule has 0 radical (unpaired) electrons. The van der Waals surface area contributed by atoms with Crippen molar-refractivity contribution in [3.05, 3.63) is 108 Å². The molecule has 6 aromatic rings. The number of carbonyl (C=O) groups is 2. The van der Waals surface area contributed by atoms with E-state index in [1.54, 1.807) is 4.90 Å². The third-order valence-electron chi connectivity index (χ3n) is 11.2. The summed E-state index contributed by atoms with van der Waals surface area (Å²) in [6, 6.07) is 29.2. The average molecular weight is 769 g/mol. The number of hydrogen-bond donors (Lipinski definition) is 1. The van der Waals surface area contributed by atoms with Crippen molar-refractivity contribution in [2.45, 2.75) is 65.6 Å². The van der Waals surface area contributed by atoms with E-state index in [2.05, 4.69) is 70.5 Å². The van der Waals surface area contributed by atoms with Crippen LogP contribution in [0.3, 0.4) is 0 Å². The molecule has 2 aromatic heterocycles. The molecule has 4 heterocycles. The van der Waals surface area contributed by atoms with Gasteiger partial charge in [-0.2, -0.15) is 5.10 Å². The van der Waals surface area contributed by atoms with E-state index in [1.807, 2.05) is 68.3 Å². The van der Waals surface area contributed by atoms with Crippen LogP contribution in [0, 0.1) is 6.92 Å². The van der Waals surface area contributed by atoms with E-state index in [1.165, 1.54) is 0 Å². The maximum absolute atomic E-state index is 13.2. The van der Waals surface area contributed by atoms with Gasteiger partial charge in [-0.25, -0.2) is 9.59 Å². The normalized spacial score (nSPS) is 14.9. The number of rotatable bonds is 8. The number of aryl methyl sites for hydroxylation is 4. The number of nitrogens with zero attached hydrogens (tertiary/aromatic N) is 6. The summed E-state index contributed by atoms with van der Waals surface area (Å²) in [5.41, 5.74) is 7.91. The number of para-hydroxylation sites is 1. The van der Waals surface area contributed by atoms with Gasteiger partial charge in [0.15, 0.2) is 0 Å². The number of benzene rings is 4. The summed E-state index contributed by atoms with van der Waals surface area (Å²) in [6.07, 6.45) is 1.74. The third kappa shape index (κ3) is 7.62. The lowest BCUT2D eigenvalue weighted by molar-refractivity contribution is 0.0240. The number of carboxylic acids is 1. The number of anilines is 2. The Morgan fingerprint density at radius 1 is 0.807 bits per heavy atom. The molecule has 8 rings (SSSR count). The van der Waals surface area contributed by atoms with Crippen LogP contribution in [0.5, 0.6) is 5.75 Å². The molecule has 1 saturated heterocycles. The van der Waals surface area contributed by atoms with Crippen molar-refractivity contribution >= 4 is 45.1 Å². The molecule has 0 spiro atoms. The number of ether oxygens (including phenoxy) is 2. The molecule has 1 amide bonds. The quantitative estimate of drug-likeness (QED) is 0.154. The fraction of sp³-hybridized carbons (Fsp3) is 0.370. The van der Waals surface area contributed by atoms with Gasteiger partial charge in [0.05, 0.1) is 30.1 Å². The Labute approximate surface area is 334 Å². The Morgan fingerprint density at radius 2 is 1.49 bits per heavy atom. The first-order valence-corrected chi connectivity index (χ1v) is 20.1. The fourth-order valence-electron chi connectivity index (χ4n) is 8.64. The van der Waals surface area contributed by atoms with Crippen molar-refractivity contribution in [3.8, 4) is 16.9 Å². The predicted molar refractivity (Wildman–Crippen MR) is 226 cm³/mol. The van der Waals surface area contributed by atoms with E-state index in [0.717, 1.165) is 92.9 Å².